The van der Waals surface area contributed by atoms with Crippen LogP contribution in [-0.4, -0.2) is 256 Å². The summed E-state index contributed by atoms with van der Waals surface area (Å²) in [6.45, 7) is 13.5. The van der Waals surface area contributed by atoms with Gasteiger partial charge >= 0.3 is 5.97 Å². The number of aliphatic carboxylic acids is 1. The van der Waals surface area contributed by atoms with Crippen LogP contribution < -0.4 is 70.0 Å². The van der Waals surface area contributed by atoms with Gasteiger partial charge in [-0.25, -0.2) is 0 Å². The summed E-state index contributed by atoms with van der Waals surface area (Å²) < 4.78 is 0. The summed E-state index contributed by atoms with van der Waals surface area (Å²) >= 11 is 0. The molecule has 0 aliphatic carbocycles. The molecule has 0 aromatic heterocycles. The zero-order valence-electron chi connectivity index (χ0n) is 71.6. The molecular formula is C84H127N19O19. The van der Waals surface area contributed by atoms with Crippen LogP contribution in [0, 0.1) is 39.9 Å². The van der Waals surface area contributed by atoms with Gasteiger partial charge in [-0.3, -0.25) is 97.2 Å². The SMILES string of the molecule is CC(=O)N[C@@H](CCCCNC(=O)CCC(=O)NCC(=O)N[C@@H](Cc1ccccc1)C(=O)N[C@@H](CC(C)C)C(=O)NCC(=O)NCCCN1C(=O)C=CC1=O)C(=O)N1CCC[C@H]1C(=O)N[C@@H](CC(C)C)C(=O)N1CCC[C@H]1C(=O)N(C)[C@@H](CCCNC(=N)N)C(=O)C[C@H](C(=O)N[C@@H](CCCNC(=N)N)C(=O)C[C@@H](Cc1ccc(O)cc1)C(=O)O)C(C)(C)C. The second kappa shape index (κ2) is 50.4. The number of carboxylic acids is 1. The molecule has 3 aliphatic heterocycles. The molecule has 122 heavy (non-hydrogen) atoms. The van der Waals surface area contributed by atoms with Crippen LogP contribution in [0.5, 0.6) is 5.75 Å². The number of hydrogen-bond donors (Lipinski definition) is 17. The maximum atomic E-state index is 15.0. The first-order chi connectivity index (χ1) is 57.6. The molecule has 10 atom stereocenters. The number of carbonyl (C=O) groups excluding carboxylic acids is 16. The molecule has 672 valence electrons. The number of carboxylic acid groups (broad SMARTS) is 1. The maximum Gasteiger partial charge on any atom is 0.307 e. The zero-order valence-corrected chi connectivity index (χ0v) is 71.6. The van der Waals surface area contributed by atoms with Crippen LogP contribution in [0.25, 0.3) is 0 Å². The molecule has 0 spiro atoms. The van der Waals surface area contributed by atoms with Crippen molar-refractivity contribution in [2.75, 3.05) is 66.0 Å². The normalized spacial score (nSPS) is 16.3. The van der Waals surface area contributed by atoms with Gasteiger partial charge in [-0.15, -0.1) is 0 Å². The van der Waals surface area contributed by atoms with Gasteiger partial charge < -0.3 is 94.9 Å². The average Bonchev–Trinajstić information content (AvgIpc) is 1.62. The summed E-state index contributed by atoms with van der Waals surface area (Å²) in [5, 5.41) is 64.8. The van der Waals surface area contributed by atoms with Gasteiger partial charge in [0.25, 0.3) is 11.8 Å². The number of likely N-dealkylation sites (tertiary alicyclic amines) is 2. The fourth-order valence-electron chi connectivity index (χ4n) is 14.8. The van der Waals surface area contributed by atoms with Crippen LogP contribution in [0.15, 0.2) is 66.7 Å². The number of nitrogens with two attached hydrogens (primary N) is 2. The van der Waals surface area contributed by atoms with Crippen LogP contribution in [0.4, 0.5) is 0 Å². The van der Waals surface area contributed by atoms with Crippen LogP contribution >= 0.6 is 0 Å². The number of guanidine groups is 2. The fourth-order valence-corrected chi connectivity index (χ4v) is 14.8. The minimum absolute atomic E-state index is 0.000745. The van der Waals surface area contributed by atoms with E-state index in [2.05, 4.69) is 58.5 Å². The molecule has 0 bridgehead atoms. The molecule has 5 rings (SSSR count). The van der Waals surface area contributed by atoms with E-state index in [1.807, 2.05) is 27.7 Å². The summed E-state index contributed by atoms with van der Waals surface area (Å²) in [5.41, 5.74) is 11.3. The number of nitrogens with zero attached hydrogens (tertiary/aromatic N) is 4. The van der Waals surface area contributed by atoms with E-state index in [9.17, 15) is 86.9 Å². The lowest BCUT2D eigenvalue weighted by atomic mass is 9.76. The summed E-state index contributed by atoms with van der Waals surface area (Å²) in [5.74, 6) is -14.1. The molecule has 2 aromatic rings. The predicted octanol–water partition coefficient (Wildman–Crippen LogP) is 0.0609. The minimum Gasteiger partial charge on any atom is -0.508 e. The topological polar surface area (TPSA) is 576 Å². The molecule has 19 N–H and O–H groups in total. The van der Waals surface area contributed by atoms with E-state index in [1.54, 1.807) is 51.1 Å². The number of rotatable bonds is 52. The third-order valence-corrected chi connectivity index (χ3v) is 21.2. The van der Waals surface area contributed by atoms with Gasteiger partial charge in [0.2, 0.25) is 70.9 Å². The highest BCUT2D eigenvalue weighted by atomic mass is 16.4. The first kappa shape index (κ1) is 101. The number of benzene rings is 2. The first-order valence-corrected chi connectivity index (χ1v) is 41.9. The fraction of sp³-hybridized carbons (Fsp3) is 0.607. The number of phenols is 1. The number of amides is 14. The molecule has 0 unspecified atom stereocenters. The van der Waals surface area contributed by atoms with E-state index in [0.717, 1.165) is 17.1 Å². The molecule has 14 amide bonds. The van der Waals surface area contributed by atoms with Gasteiger partial charge in [0.05, 0.1) is 31.1 Å². The second-order valence-corrected chi connectivity index (χ2v) is 33.2. The van der Waals surface area contributed by atoms with Gasteiger partial charge in [0, 0.05) is 110 Å². The maximum absolute atomic E-state index is 15.0. The standard InChI is InChI=1S/C84H127N19O19/c1-50(2)42-60(75(115)94-48-70(110)90-38-19-41-103-72(112)33-34-73(103)113)98-76(116)61(45-53-20-11-10-12-21-53)96-71(111)49-93-69(109)32-31-68(108)89-35-14-13-22-59(95-52(5)104)78(118)101-39-17-25-64(101)77(117)99-62(43-51(3)4)79(119)102-40-18-26-65(102)80(120)100(9)63(24-16-37-92-83(87)88)67(107)47-57(84(6,7)8)74(114)97-58(23-15-36-91-82(85)86)66(106)46-55(81(121)122)44-54-27-29-56(105)30-28-54/h10-12,20-21,27-30,33-34,50-51,55,57-65,105H,13-19,22-26,31-32,35-49H2,1-9H3,(H,89,108)(H,90,110)(H,93,109)(H,94,115)(H,95,104)(H,96,111)(H,97,114)(H,98,116)(H,99,117)(H,121,122)(H4,85,86,91)(H4,87,88,92)/t55-,57-,58+,59+,60+,61+,62+,63+,64+,65+/m1/s1. The van der Waals surface area contributed by atoms with Crippen LogP contribution in [0.1, 0.15) is 182 Å². The van der Waals surface area contributed by atoms with Crippen molar-refractivity contribution in [1.29, 1.82) is 10.8 Å². The third-order valence-electron chi connectivity index (χ3n) is 21.2. The van der Waals surface area contributed by atoms with Crippen molar-refractivity contribution >= 4 is 112 Å². The van der Waals surface area contributed by atoms with E-state index in [-0.39, 0.29) is 165 Å². The highest BCUT2D eigenvalue weighted by molar-refractivity contribution is 6.13. The number of aromatic hydroxyl groups is 1. The van der Waals surface area contributed by atoms with Crippen molar-refractivity contribution in [3.05, 3.63) is 77.9 Å². The number of likely N-dealkylation sites (N-methyl/N-ethyl adjacent to an activating group) is 1. The molecule has 38 nitrogen and oxygen atoms in total. The van der Waals surface area contributed by atoms with Crippen LogP contribution in [0.3, 0.4) is 0 Å². The van der Waals surface area contributed by atoms with Crippen molar-refractivity contribution in [1.82, 2.24) is 78.1 Å². The number of ketones is 2. The Morgan fingerprint density at radius 1 is 0.533 bits per heavy atom. The number of Topliss-reactive ketones (excluding diaryl/α,β-unsaturated/α-hetero) is 2. The van der Waals surface area contributed by atoms with Gasteiger partial charge in [-0.05, 0) is 137 Å². The van der Waals surface area contributed by atoms with Gasteiger partial charge in [-0.2, -0.15) is 0 Å². The number of hydrogen-bond acceptors (Lipinski definition) is 20. The Morgan fingerprint density at radius 2 is 1.06 bits per heavy atom. The lowest BCUT2D eigenvalue weighted by molar-refractivity contribution is -0.149. The van der Waals surface area contributed by atoms with Crippen molar-refractivity contribution in [3.63, 3.8) is 0 Å². The lowest BCUT2D eigenvalue weighted by Gasteiger charge is -2.36. The van der Waals surface area contributed by atoms with Crippen molar-refractivity contribution < 1.29 is 91.7 Å². The van der Waals surface area contributed by atoms with Crippen molar-refractivity contribution in [3.8, 4) is 5.75 Å². The number of unbranched alkanes of at least 4 members (excludes halogenated alkanes) is 1. The summed E-state index contributed by atoms with van der Waals surface area (Å²) in [6, 6.07) is 5.30. The second-order valence-electron chi connectivity index (χ2n) is 33.2. The molecule has 3 heterocycles. The first-order valence-electron chi connectivity index (χ1n) is 41.9. The van der Waals surface area contributed by atoms with Crippen molar-refractivity contribution in [2.24, 2.45) is 40.6 Å². The molecule has 3 aliphatic rings. The largest absolute Gasteiger partial charge is 0.508 e. The van der Waals surface area contributed by atoms with Gasteiger partial charge in [0.1, 0.15) is 42.0 Å². The molecule has 0 radical (unpaired) electrons. The third kappa shape index (κ3) is 34.7. The Labute approximate surface area is 712 Å². The summed E-state index contributed by atoms with van der Waals surface area (Å²) in [4.78, 5) is 236. The number of phenolic OH excluding ortho intramolecular Hbond substituents is 1. The van der Waals surface area contributed by atoms with E-state index < -0.39 is 192 Å². The number of carbonyl (C=O) groups is 17. The quantitative estimate of drug-likeness (QED) is 0.0180. The Hall–Kier alpha value is -11.9. The Balaban J connectivity index is 1.16. The Bertz CT molecular complexity index is 4020. The van der Waals surface area contributed by atoms with E-state index in [1.165, 1.54) is 52.9 Å². The molecule has 0 saturated carbocycles. The highest BCUT2D eigenvalue weighted by Gasteiger charge is 2.45. The molecule has 2 fully saturated rings. The molecule has 38 heteroatoms. The number of nitrogens with one attached hydrogen (secondary N) is 13. The highest BCUT2D eigenvalue weighted by Crippen LogP contribution is 2.33. The van der Waals surface area contributed by atoms with E-state index >= 15 is 4.79 Å². The summed E-state index contributed by atoms with van der Waals surface area (Å²) in [7, 11) is 1.42. The van der Waals surface area contributed by atoms with Gasteiger partial charge in [-0.1, -0.05) is 90.9 Å². The summed E-state index contributed by atoms with van der Waals surface area (Å²) in [6.07, 6.45) is 3.58. The Kier molecular flexibility index (Phi) is 41.6. The monoisotopic (exact) mass is 1710 g/mol. The predicted molar refractivity (Wildman–Crippen MR) is 449 cm³/mol. The molecular weight excluding hydrogens is 1580 g/mol. The van der Waals surface area contributed by atoms with E-state index in [4.69, 9.17) is 22.3 Å². The van der Waals surface area contributed by atoms with Crippen LogP contribution in [-0.2, 0) is 94.3 Å². The van der Waals surface area contributed by atoms with Crippen molar-refractivity contribution in [2.45, 2.75) is 232 Å². The minimum atomic E-state index is -1.27. The van der Waals surface area contributed by atoms with Gasteiger partial charge in [0.15, 0.2) is 23.5 Å². The lowest BCUT2D eigenvalue weighted by Crippen LogP contribution is -2.58. The van der Waals surface area contributed by atoms with Crippen LogP contribution in [0.2, 0.25) is 0 Å². The van der Waals surface area contributed by atoms with E-state index in [0.29, 0.717) is 36.8 Å². The molecule has 2 aromatic carbocycles. The number of imide groups is 1. The Morgan fingerprint density at radius 3 is 1.65 bits per heavy atom. The average molecular weight is 1710 g/mol. The smallest absolute Gasteiger partial charge is 0.307 e. The zero-order chi connectivity index (χ0) is 90.5. The molecule has 2 saturated heterocycles.